The van der Waals surface area contributed by atoms with E-state index in [2.05, 4.69) is 44.1 Å². The van der Waals surface area contributed by atoms with E-state index in [0.29, 0.717) is 18.0 Å². The minimum absolute atomic E-state index is 0.355. The zero-order chi connectivity index (χ0) is 13.1. The molecule has 0 heterocycles. The molecule has 2 unspecified atom stereocenters. The molecule has 0 bridgehead atoms. The van der Waals surface area contributed by atoms with Gasteiger partial charge in [0.25, 0.3) is 0 Å². The summed E-state index contributed by atoms with van der Waals surface area (Å²) in [7, 11) is 2.15. The van der Waals surface area contributed by atoms with Crippen LogP contribution in [0.25, 0.3) is 0 Å². The molecule has 0 spiro atoms. The number of nitrogens with zero attached hydrogens (tertiary/aromatic N) is 2. The summed E-state index contributed by atoms with van der Waals surface area (Å²) in [5.41, 5.74) is -0.355. The van der Waals surface area contributed by atoms with Crippen molar-refractivity contribution in [3.8, 4) is 6.07 Å². The number of rotatable bonds is 7. The van der Waals surface area contributed by atoms with Crippen molar-refractivity contribution in [2.24, 2.45) is 5.92 Å². The number of nitriles is 1. The van der Waals surface area contributed by atoms with Gasteiger partial charge in [-0.25, -0.2) is 0 Å². The number of hydrogen-bond acceptors (Lipinski definition) is 3. The lowest BCUT2D eigenvalue weighted by Crippen LogP contribution is -2.46. The van der Waals surface area contributed by atoms with E-state index in [1.807, 2.05) is 6.92 Å². The lowest BCUT2D eigenvalue weighted by Gasteiger charge is -2.31. The monoisotopic (exact) mass is 237 g/mol. The van der Waals surface area contributed by atoms with Gasteiger partial charge in [-0.15, -0.1) is 0 Å². The summed E-state index contributed by atoms with van der Waals surface area (Å²) in [5.74, 6) is 0.657. The Morgan fingerprint density at radius 1 is 1.41 bits per heavy atom. The molecule has 0 aromatic heterocycles. The van der Waals surface area contributed by atoms with Gasteiger partial charge >= 0.3 is 0 Å². The summed E-state index contributed by atoms with van der Waals surface area (Å²) in [6.07, 6.45) is 3.36. The predicted molar refractivity (Wildman–Crippen MR) is 71.7 cm³/mol. The average Bonchev–Trinajstić information content (AvgIpc) is 3.08. The minimum atomic E-state index is -0.355. The summed E-state index contributed by atoms with van der Waals surface area (Å²) in [5, 5.41) is 12.7. The fourth-order valence-electron chi connectivity index (χ4n) is 1.95. The van der Waals surface area contributed by atoms with Crippen LogP contribution in [0.5, 0.6) is 0 Å². The molecule has 1 rings (SSSR count). The van der Waals surface area contributed by atoms with Crippen LogP contribution >= 0.6 is 0 Å². The van der Waals surface area contributed by atoms with Gasteiger partial charge in [0, 0.05) is 18.6 Å². The summed E-state index contributed by atoms with van der Waals surface area (Å²) in [6.45, 7) is 9.74. The first-order valence-corrected chi connectivity index (χ1v) is 6.77. The lowest BCUT2D eigenvalue weighted by atomic mass is 9.98. The highest BCUT2D eigenvalue weighted by molar-refractivity contribution is 5.07. The number of nitrogens with one attached hydrogen (secondary N) is 1. The van der Waals surface area contributed by atoms with E-state index in [-0.39, 0.29) is 5.54 Å². The van der Waals surface area contributed by atoms with Crippen molar-refractivity contribution in [1.82, 2.24) is 10.2 Å². The zero-order valence-electron chi connectivity index (χ0n) is 12.0. The fraction of sp³-hybridized carbons (Fsp3) is 0.929. The number of hydrogen-bond donors (Lipinski definition) is 1. The standard InChI is InChI=1S/C14H27N3/c1-11(2)12(3)17(5)9-8-14(4,10-15)16-13-6-7-13/h11-13,16H,6-9H2,1-5H3. The molecule has 1 N–H and O–H groups in total. The topological polar surface area (TPSA) is 39.1 Å². The molecular formula is C14H27N3. The largest absolute Gasteiger partial charge is 0.303 e. The second kappa shape index (κ2) is 5.84. The van der Waals surface area contributed by atoms with E-state index in [1.165, 1.54) is 12.8 Å². The Morgan fingerprint density at radius 3 is 2.41 bits per heavy atom. The molecule has 17 heavy (non-hydrogen) atoms. The van der Waals surface area contributed by atoms with Crippen LogP contribution in [0.2, 0.25) is 0 Å². The van der Waals surface area contributed by atoms with Crippen LogP contribution in [0.1, 0.15) is 47.0 Å². The van der Waals surface area contributed by atoms with Crippen LogP contribution in [-0.2, 0) is 0 Å². The maximum Gasteiger partial charge on any atom is 0.105 e. The van der Waals surface area contributed by atoms with Gasteiger partial charge in [-0.05, 0) is 46.1 Å². The Morgan fingerprint density at radius 2 is 2.00 bits per heavy atom. The SMILES string of the molecule is CC(C)C(C)N(C)CCC(C)(C#N)NC1CC1. The van der Waals surface area contributed by atoms with Crippen molar-refractivity contribution in [3.63, 3.8) is 0 Å². The quantitative estimate of drug-likeness (QED) is 0.739. The second-order valence-electron chi connectivity index (χ2n) is 6.08. The third-order valence-electron chi connectivity index (χ3n) is 3.97. The molecule has 0 radical (unpaired) electrons. The summed E-state index contributed by atoms with van der Waals surface area (Å²) in [6, 6.07) is 3.59. The van der Waals surface area contributed by atoms with Crippen molar-refractivity contribution in [1.29, 1.82) is 5.26 Å². The first kappa shape index (κ1) is 14.5. The highest BCUT2D eigenvalue weighted by atomic mass is 15.1. The fourth-order valence-corrected chi connectivity index (χ4v) is 1.95. The molecule has 3 nitrogen and oxygen atoms in total. The molecular weight excluding hydrogens is 210 g/mol. The van der Waals surface area contributed by atoms with E-state index < -0.39 is 0 Å². The Hall–Kier alpha value is -0.590. The molecule has 2 atom stereocenters. The molecule has 0 aromatic carbocycles. The molecule has 3 heteroatoms. The molecule has 1 aliphatic rings. The Labute approximate surface area is 106 Å². The molecule has 1 fully saturated rings. The lowest BCUT2D eigenvalue weighted by molar-refractivity contribution is 0.191. The van der Waals surface area contributed by atoms with E-state index in [9.17, 15) is 5.26 Å². The minimum Gasteiger partial charge on any atom is -0.303 e. The van der Waals surface area contributed by atoms with Crippen molar-refractivity contribution >= 4 is 0 Å². The zero-order valence-corrected chi connectivity index (χ0v) is 12.0. The Balaban J connectivity index is 2.38. The van der Waals surface area contributed by atoms with E-state index in [4.69, 9.17) is 0 Å². The van der Waals surface area contributed by atoms with Crippen LogP contribution in [0.3, 0.4) is 0 Å². The van der Waals surface area contributed by atoms with Crippen molar-refractivity contribution in [3.05, 3.63) is 0 Å². The maximum absolute atomic E-state index is 9.29. The normalized spacial score (nSPS) is 21.3. The third-order valence-corrected chi connectivity index (χ3v) is 3.97. The second-order valence-corrected chi connectivity index (χ2v) is 6.08. The molecule has 1 saturated carbocycles. The molecule has 0 saturated heterocycles. The third kappa shape index (κ3) is 4.65. The molecule has 0 aliphatic heterocycles. The van der Waals surface area contributed by atoms with Crippen LogP contribution in [-0.4, -0.2) is 36.1 Å². The van der Waals surface area contributed by atoms with Crippen LogP contribution < -0.4 is 5.32 Å². The van der Waals surface area contributed by atoms with Gasteiger partial charge in [-0.3, -0.25) is 5.32 Å². The van der Waals surface area contributed by atoms with Gasteiger partial charge in [0.2, 0.25) is 0 Å². The average molecular weight is 237 g/mol. The van der Waals surface area contributed by atoms with Gasteiger partial charge in [-0.1, -0.05) is 13.8 Å². The highest BCUT2D eigenvalue weighted by Gasteiger charge is 2.32. The molecule has 1 aliphatic carbocycles. The van der Waals surface area contributed by atoms with Gasteiger partial charge in [0.1, 0.15) is 5.54 Å². The van der Waals surface area contributed by atoms with E-state index >= 15 is 0 Å². The smallest absolute Gasteiger partial charge is 0.105 e. The van der Waals surface area contributed by atoms with Crippen LogP contribution in [0.15, 0.2) is 0 Å². The summed E-state index contributed by atoms with van der Waals surface area (Å²) >= 11 is 0. The Bertz CT molecular complexity index is 278. The van der Waals surface area contributed by atoms with E-state index in [0.717, 1.165) is 13.0 Å². The van der Waals surface area contributed by atoms with Crippen molar-refractivity contribution in [2.45, 2.75) is 64.6 Å². The Kier molecular flexibility index (Phi) is 4.97. The van der Waals surface area contributed by atoms with E-state index in [1.54, 1.807) is 0 Å². The first-order chi connectivity index (χ1) is 7.88. The molecule has 0 amide bonds. The summed E-state index contributed by atoms with van der Waals surface area (Å²) in [4.78, 5) is 2.36. The van der Waals surface area contributed by atoms with Gasteiger partial charge in [0.05, 0.1) is 6.07 Å². The highest BCUT2D eigenvalue weighted by Crippen LogP contribution is 2.24. The maximum atomic E-state index is 9.29. The van der Waals surface area contributed by atoms with Crippen molar-refractivity contribution in [2.75, 3.05) is 13.6 Å². The summed E-state index contributed by atoms with van der Waals surface area (Å²) < 4.78 is 0. The first-order valence-electron chi connectivity index (χ1n) is 6.77. The predicted octanol–water partition coefficient (Wildman–Crippen LogP) is 2.39. The van der Waals surface area contributed by atoms with Gasteiger partial charge < -0.3 is 4.90 Å². The van der Waals surface area contributed by atoms with Crippen molar-refractivity contribution < 1.29 is 0 Å². The molecule has 98 valence electrons. The molecule has 0 aromatic rings. The van der Waals surface area contributed by atoms with Gasteiger partial charge in [0.15, 0.2) is 0 Å². The van der Waals surface area contributed by atoms with Crippen LogP contribution in [0.4, 0.5) is 0 Å². The van der Waals surface area contributed by atoms with Crippen LogP contribution in [0, 0.1) is 17.2 Å². The van der Waals surface area contributed by atoms with Gasteiger partial charge in [-0.2, -0.15) is 5.26 Å².